The number of nitrogens with one attached hydrogen (secondary N) is 1. The highest BCUT2D eigenvalue weighted by Crippen LogP contribution is 2.04. The van der Waals surface area contributed by atoms with Gasteiger partial charge >= 0.3 is 0 Å². The van der Waals surface area contributed by atoms with Crippen LogP contribution in [0.3, 0.4) is 0 Å². The van der Waals surface area contributed by atoms with E-state index in [4.69, 9.17) is 0 Å². The molecule has 0 aliphatic heterocycles. The molecule has 0 unspecified atom stereocenters. The molecule has 0 aliphatic rings. The first-order chi connectivity index (χ1) is 5.24. The molecule has 0 aromatic heterocycles. The molecule has 11 heavy (non-hydrogen) atoms. The lowest BCUT2D eigenvalue weighted by Crippen LogP contribution is -2.29. The summed E-state index contributed by atoms with van der Waals surface area (Å²) >= 11 is 3.86. The summed E-state index contributed by atoms with van der Waals surface area (Å²) < 4.78 is 0. The average molecular weight is 175 g/mol. The number of carbonyl (C=O) groups is 1. The normalized spacial score (nSPS) is 10.2. The molecule has 0 bridgehead atoms. The third-order valence-corrected chi connectivity index (χ3v) is 2.17. The standard InChI is InChI=1S/C8H17NOS/c1-3-7(4-2)5-9-8(10)6-11/h7,11H,3-6H2,1-2H3,(H,9,10). The topological polar surface area (TPSA) is 29.1 Å². The van der Waals surface area contributed by atoms with Crippen molar-refractivity contribution in [2.75, 3.05) is 12.3 Å². The zero-order valence-corrected chi connectivity index (χ0v) is 8.16. The smallest absolute Gasteiger partial charge is 0.229 e. The SMILES string of the molecule is CCC(CC)CNC(=O)CS. The van der Waals surface area contributed by atoms with Gasteiger partial charge < -0.3 is 5.32 Å². The van der Waals surface area contributed by atoms with Crippen molar-refractivity contribution >= 4 is 18.5 Å². The minimum Gasteiger partial charge on any atom is -0.355 e. The van der Waals surface area contributed by atoms with Gasteiger partial charge in [0.1, 0.15) is 0 Å². The van der Waals surface area contributed by atoms with Gasteiger partial charge in [0.25, 0.3) is 0 Å². The van der Waals surface area contributed by atoms with Crippen LogP contribution in [-0.2, 0) is 4.79 Å². The molecule has 0 saturated heterocycles. The molecule has 1 N–H and O–H groups in total. The Morgan fingerprint density at radius 2 is 2.00 bits per heavy atom. The minimum atomic E-state index is 0.0280. The summed E-state index contributed by atoms with van der Waals surface area (Å²) in [6, 6.07) is 0. The summed E-state index contributed by atoms with van der Waals surface area (Å²) in [6.07, 6.45) is 2.26. The van der Waals surface area contributed by atoms with E-state index >= 15 is 0 Å². The largest absolute Gasteiger partial charge is 0.355 e. The van der Waals surface area contributed by atoms with Gasteiger partial charge in [0.05, 0.1) is 5.75 Å². The van der Waals surface area contributed by atoms with Crippen molar-refractivity contribution in [3.63, 3.8) is 0 Å². The highest BCUT2D eigenvalue weighted by Gasteiger charge is 2.04. The molecule has 66 valence electrons. The molecule has 3 heteroatoms. The van der Waals surface area contributed by atoms with Crippen LogP contribution in [0.5, 0.6) is 0 Å². The lowest BCUT2D eigenvalue weighted by atomic mass is 10.0. The van der Waals surface area contributed by atoms with Gasteiger partial charge in [-0.3, -0.25) is 4.79 Å². The zero-order chi connectivity index (χ0) is 8.69. The molecule has 1 amide bonds. The summed E-state index contributed by atoms with van der Waals surface area (Å²) in [5.74, 6) is 0.944. The summed E-state index contributed by atoms with van der Waals surface area (Å²) in [5, 5.41) is 2.82. The fourth-order valence-corrected chi connectivity index (χ4v) is 1.00. The molecule has 0 aliphatic carbocycles. The molecule has 0 fully saturated rings. The van der Waals surface area contributed by atoms with Crippen LogP contribution < -0.4 is 5.32 Å². The minimum absolute atomic E-state index is 0.0280. The number of thiol groups is 1. The summed E-state index contributed by atoms with van der Waals surface area (Å²) in [4.78, 5) is 10.8. The van der Waals surface area contributed by atoms with Crippen molar-refractivity contribution in [2.45, 2.75) is 26.7 Å². The molecule has 0 spiro atoms. The number of carbonyl (C=O) groups excluding carboxylic acids is 1. The van der Waals surface area contributed by atoms with Gasteiger partial charge in [-0.25, -0.2) is 0 Å². The molecule has 2 nitrogen and oxygen atoms in total. The molecule has 0 aromatic rings. The fourth-order valence-electron chi connectivity index (χ4n) is 0.891. The Hall–Kier alpha value is -0.180. The van der Waals surface area contributed by atoms with Gasteiger partial charge in [-0.05, 0) is 5.92 Å². The van der Waals surface area contributed by atoms with Crippen LogP contribution >= 0.6 is 12.6 Å². The van der Waals surface area contributed by atoms with E-state index in [1.807, 2.05) is 0 Å². The van der Waals surface area contributed by atoms with Gasteiger partial charge in [-0.2, -0.15) is 12.6 Å². The third-order valence-electron chi connectivity index (χ3n) is 1.89. The van der Waals surface area contributed by atoms with E-state index in [9.17, 15) is 4.79 Å². The summed E-state index contributed by atoms with van der Waals surface area (Å²) in [6.45, 7) is 5.08. The van der Waals surface area contributed by atoms with Gasteiger partial charge in [-0.15, -0.1) is 0 Å². The van der Waals surface area contributed by atoms with Crippen LogP contribution in [0, 0.1) is 5.92 Å². The van der Waals surface area contributed by atoms with Crippen molar-refractivity contribution in [3.8, 4) is 0 Å². The van der Waals surface area contributed by atoms with Crippen molar-refractivity contribution in [3.05, 3.63) is 0 Å². The van der Waals surface area contributed by atoms with Crippen LogP contribution in [0.4, 0.5) is 0 Å². The monoisotopic (exact) mass is 175 g/mol. The van der Waals surface area contributed by atoms with Crippen LogP contribution in [-0.4, -0.2) is 18.2 Å². The van der Waals surface area contributed by atoms with E-state index in [2.05, 4.69) is 31.8 Å². The highest BCUT2D eigenvalue weighted by atomic mass is 32.1. The Morgan fingerprint density at radius 3 is 2.36 bits per heavy atom. The first-order valence-electron chi connectivity index (χ1n) is 4.12. The van der Waals surface area contributed by atoms with Crippen molar-refractivity contribution in [1.29, 1.82) is 0 Å². The van der Waals surface area contributed by atoms with E-state index < -0.39 is 0 Å². The van der Waals surface area contributed by atoms with E-state index in [1.54, 1.807) is 0 Å². The first-order valence-corrected chi connectivity index (χ1v) is 4.75. The molecule has 0 radical (unpaired) electrons. The van der Waals surface area contributed by atoms with Gasteiger partial charge in [-0.1, -0.05) is 26.7 Å². The quantitative estimate of drug-likeness (QED) is 0.609. The summed E-state index contributed by atoms with van der Waals surface area (Å²) in [7, 11) is 0. The Balaban J connectivity index is 3.42. The average Bonchev–Trinajstić information content (AvgIpc) is 2.06. The van der Waals surface area contributed by atoms with Crippen molar-refractivity contribution in [2.24, 2.45) is 5.92 Å². The molecule has 0 saturated carbocycles. The third kappa shape index (κ3) is 5.13. The maximum absolute atomic E-state index is 10.8. The first kappa shape index (κ1) is 10.8. The summed E-state index contributed by atoms with van der Waals surface area (Å²) in [5.41, 5.74) is 0. The Morgan fingerprint density at radius 1 is 1.45 bits per heavy atom. The molecule has 0 heterocycles. The Labute approximate surface area is 74.2 Å². The van der Waals surface area contributed by atoms with Gasteiger partial charge in [0, 0.05) is 6.54 Å². The fraction of sp³-hybridized carbons (Fsp3) is 0.875. The molecular weight excluding hydrogens is 158 g/mol. The molecular formula is C8H17NOS. The van der Waals surface area contributed by atoms with Gasteiger partial charge in [0.15, 0.2) is 0 Å². The number of amides is 1. The van der Waals surface area contributed by atoms with Crippen LogP contribution in [0.25, 0.3) is 0 Å². The Kier molecular flexibility index (Phi) is 6.42. The van der Waals surface area contributed by atoms with Crippen molar-refractivity contribution in [1.82, 2.24) is 5.32 Å². The maximum Gasteiger partial charge on any atom is 0.229 e. The molecule has 0 aromatic carbocycles. The number of hydrogen-bond acceptors (Lipinski definition) is 2. The van der Waals surface area contributed by atoms with Crippen LogP contribution in [0.2, 0.25) is 0 Å². The second-order valence-electron chi connectivity index (χ2n) is 2.64. The lowest BCUT2D eigenvalue weighted by molar-refractivity contribution is -0.118. The molecule has 0 rings (SSSR count). The number of hydrogen-bond donors (Lipinski definition) is 2. The Bertz CT molecular complexity index is 113. The zero-order valence-electron chi connectivity index (χ0n) is 7.26. The van der Waals surface area contributed by atoms with Gasteiger partial charge in [0.2, 0.25) is 5.91 Å². The van der Waals surface area contributed by atoms with E-state index in [0.29, 0.717) is 11.7 Å². The van der Waals surface area contributed by atoms with E-state index in [-0.39, 0.29) is 5.91 Å². The predicted molar refractivity (Wildman–Crippen MR) is 50.9 cm³/mol. The van der Waals surface area contributed by atoms with E-state index in [1.165, 1.54) is 0 Å². The number of rotatable bonds is 5. The van der Waals surface area contributed by atoms with Crippen molar-refractivity contribution < 1.29 is 4.79 Å². The maximum atomic E-state index is 10.8. The van der Waals surface area contributed by atoms with Crippen LogP contribution in [0.15, 0.2) is 0 Å². The second kappa shape index (κ2) is 6.53. The second-order valence-corrected chi connectivity index (χ2v) is 2.96. The van der Waals surface area contributed by atoms with Crippen LogP contribution in [0.1, 0.15) is 26.7 Å². The highest BCUT2D eigenvalue weighted by molar-refractivity contribution is 7.81. The lowest BCUT2D eigenvalue weighted by Gasteiger charge is -2.12. The predicted octanol–water partition coefficient (Wildman–Crippen LogP) is 1.47. The molecule has 0 atom stereocenters. The van der Waals surface area contributed by atoms with E-state index in [0.717, 1.165) is 19.4 Å².